The zero-order valence-corrected chi connectivity index (χ0v) is 15.5. The van der Waals surface area contributed by atoms with Crippen LogP contribution in [0.5, 0.6) is 0 Å². The molecule has 0 saturated carbocycles. The van der Waals surface area contributed by atoms with Crippen molar-refractivity contribution in [1.29, 1.82) is 0 Å². The van der Waals surface area contributed by atoms with E-state index in [4.69, 9.17) is 21.1 Å². The lowest BCUT2D eigenvalue weighted by Crippen LogP contribution is -2.18. The topological polar surface area (TPSA) is 65.5 Å². The molecular formula is C17H15BrClNO4. The molecule has 0 bridgehead atoms. The van der Waals surface area contributed by atoms with Gasteiger partial charge in [-0.15, -0.1) is 0 Å². The van der Waals surface area contributed by atoms with Gasteiger partial charge in [-0.2, -0.15) is 0 Å². The number of aromatic nitrogens is 1. The van der Waals surface area contributed by atoms with Gasteiger partial charge in [-0.05, 0) is 44.2 Å². The highest BCUT2D eigenvalue weighted by molar-refractivity contribution is 9.10. The van der Waals surface area contributed by atoms with Gasteiger partial charge in [-0.3, -0.25) is 0 Å². The maximum atomic E-state index is 12.0. The number of hydrogen-bond acceptors (Lipinski definition) is 5. The molecule has 0 N–H and O–H groups in total. The lowest BCUT2D eigenvalue weighted by molar-refractivity contribution is -0.146. The minimum atomic E-state index is -0.763. The summed E-state index contributed by atoms with van der Waals surface area (Å²) in [5.74, 6) is -1.53. The summed E-state index contributed by atoms with van der Waals surface area (Å²) in [6, 6.07) is 7.28. The number of benzene rings is 1. The fourth-order valence-corrected chi connectivity index (χ4v) is 2.59. The van der Waals surface area contributed by atoms with Gasteiger partial charge in [0.15, 0.2) is 0 Å². The van der Waals surface area contributed by atoms with Gasteiger partial charge in [0.25, 0.3) is 0 Å². The van der Waals surface area contributed by atoms with Crippen LogP contribution < -0.4 is 0 Å². The second-order valence-corrected chi connectivity index (χ2v) is 5.98. The summed E-state index contributed by atoms with van der Waals surface area (Å²) < 4.78 is 10.7. The fourth-order valence-electron chi connectivity index (χ4n) is 2.02. The Balaban J connectivity index is 2.54. The third kappa shape index (κ3) is 4.33. The average Bonchev–Trinajstić information content (AvgIpc) is 2.53. The van der Waals surface area contributed by atoms with Crippen LogP contribution >= 0.6 is 27.5 Å². The van der Waals surface area contributed by atoms with Crippen molar-refractivity contribution in [3.8, 4) is 0 Å². The first-order valence-corrected chi connectivity index (χ1v) is 8.45. The van der Waals surface area contributed by atoms with Crippen molar-refractivity contribution in [2.45, 2.75) is 13.8 Å². The van der Waals surface area contributed by atoms with E-state index in [0.29, 0.717) is 11.1 Å². The molecule has 0 atom stereocenters. The summed E-state index contributed by atoms with van der Waals surface area (Å²) in [6.45, 7) is 3.60. The third-order valence-electron chi connectivity index (χ3n) is 3.05. The van der Waals surface area contributed by atoms with E-state index in [0.717, 1.165) is 9.86 Å². The number of hydrogen-bond donors (Lipinski definition) is 0. The van der Waals surface area contributed by atoms with E-state index < -0.39 is 11.9 Å². The second kappa shape index (κ2) is 8.26. The maximum Gasteiger partial charge on any atom is 0.345 e. The number of esters is 2. The Morgan fingerprint density at radius 3 is 2.38 bits per heavy atom. The lowest BCUT2D eigenvalue weighted by atomic mass is 10.1. The van der Waals surface area contributed by atoms with Crippen LogP contribution in [0.25, 0.3) is 17.0 Å². The number of pyridine rings is 1. The van der Waals surface area contributed by atoms with Gasteiger partial charge in [0.1, 0.15) is 10.7 Å². The van der Waals surface area contributed by atoms with Crippen LogP contribution in [0.2, 0.25) is 5.15 Å². The van der Waals surface area contributed by atoms with Crippen molar-refractivity contribution in [3.05, 3.63) is 45.0 Å². The largest absolute Gasteiger partial charge is 0.462 e. The molecule has 0 saturated heterocycles. The molecule has 0 aliphatic heterocycles. The highest BCUT2D eigenvalue weighted by Crippen LogP contribution is 2.25. The van der Waals surface area contributed by atoms with Gasteiger partial charge in [0, 0.05) is 15.4 Å². The van der Waals surface area contributed by atoms with Gasteiger partial charge in [0.05, 0.1) is 18.7 Å². The number of rotatable bonds is 5. The molecule has 7 heteroatoms. The first kappa shape index (κ1) is 18.4. The van der Waals surface area contributed by atoms with E-state index in [1.54, 1.807) is 19.9 Å². The Kier molecular flexibility index (Phi) is 6.34. The first-order valence-electron chi connectivity index (χ1n) is 7.28. The van der Waals surface area contributed by atoms with E-state index in [1.165, 1.54) is 6.08 Å². The van der Waals surface area contributed by atoms with Crippen molar-refractivity contribution in [2.24, 2.45) is 0 Å². The average molecular weight is 413 g/mol. The summed E-state index contributed by atoms with van der Waals surface area (Å²) >= 11 is 9.57. The van der Waals surface area contributed by atoms with Crippen LogP contribution in [0.4, 0.5) is 0 Å². The fraction of sp³-hybridized carbons (Fsp3) is 0.235. The molecule has 126 valence electrons. The van der Waals surface area contributed by atoms with Gasteiger partial charge in [-0.25, -0.2) is 14.6 Å². The summed E-state index contributed by atoms with van der Waals surface area (Å²) in [5, 5.41) is 0.989. The minimum Gasteiger partial charge on any atom is -0.462 e. The molecule has 0 aliphatic rings. The van der Waals surface area contributed by atoms with Gasteiger partial charge in [0.2, 0.25) is 0 Å². The molecule has 0 amide bonds. The van der Waals surface area contributed by atoms with E-state index in [-0.39, 0.29) is 23.9 Å². The predicted octanol–water partition coefficient (Wildman–Crippen LogP) is 4.16. The number of carbonyl (C=O) groups is 2. The standard InChI is InChI=1S/C17H15BrClNO4/c1-3-23-16(21)13(17(22)24-4-2)9-11-7-10-8-12(18)5-6-14(10)20-15(11)19/h5-9H,3-4H2,1-2H3. The number of ether oxygens (including phenoxy) is 2. The van der Waals surface area contributed by atoms with Gasteiger partial charge in [-0.1, -0.05) is 27.5 Å². The van der Waals surface area contributed by atoms with Crippen LogP contribution in [-0.4, -0.2) is 30.1 Å². The second-order valence-electron chi connectivity index (χ2n) is 4.70. The molecule has 1 heterocycles. The smallest absolute Gasteiger partial charge is 0.345 e. The molecule has 1 aromatic carbocycles. The highest BCUT2D eigenvalue weighted by Gasteiger charge is 2.21. The normalized spacial score (nSPS) is 10.3. The zero-order chi connectivity index (χ0) is 17.7. The minimum absolute atomic E-state index is 0.145. The zero-order valence-electron chi connectivity index (χ0n) is 13.1. The third-order valence-corrected chi connectivity index (χ3v) is 3.84. The quantitative estimate of drug-likeness (QED) is 0.242. The Labute approximate surface area is 152 Å². The molecule has 24 heavy (non-hydrogen) atoms. The maximum absolute atomic E-state index is 12.0. The molecule has 0 aliphatic carbocycles. The highest BCUT2D eigenvalue weighted by atomic mass is 79.9. The van der Waals surface area contributed by atoms with Crippen LogP contribution in [-0.2, 0) is 19.1 Å². The molecule has 0 radical (unpaired) electrons. The molecule has 0 fully saturated rings. The van der Waals surface area contributed by atoms with Crippen LogP contribution in [0, 0.1) is 0 Å². The Morgan fingerprint density at radius 1 is 1.17 bits per heavy atom. The lowest BCUT2D eigenvalue weighted by Gasteiger charge is -2.08. The van der Waals surface area contributed by atoms with Gasteiger partial charge >= 0.3 is 11.9 Å². The van der Waals surface area contributed by atoms with Crippen LogP contribution in [0.15, 0.2) is 34.3 Å². The Morgan fingerprint density at radius 2 is 1.79 bits per heavy atom. The summed E-state index contributed by atoms with van der Waals surface area (Å²) in [4.78, 5) is 28.3. The molecule has 1 aromatic heterocycles. The number of fused-ring (bicyclic) bond motifs is 1. The van der Waals surface area contributed by atoms with E-state index in [2.05, 4.69) is 20.9 Å². The summed E-state index contributed by atoms with van der Waals surface area (Å²) in [6.07, 6.45) is 1.34. The predicted molar refractivity (Wildman–Crippen MR) is 95.7 cm³/mol. The monoisotopic (exact) mass is 411 g/mol. The molecule has 0 unspecified atom stereocenters. The molecular weight excluding hydrogens is 398 g/mol. The number of halogens is 2. The van der Waals surface area contributed by atoms with Crippen LogP contribution in [0.3, 0.4) is 0 Å². The Hall–Kier alpha value is -1.92. The van der Waals surface area contributed by atoms with Crippen molar-refractivity contribution in [2.75, 3.05) is 13.2 Å². The van der Waals surface area contributed by atoms with Crippen molar-refractivity contribution < 1.29 is 19.1 Å². The van der Waals surface area contributed by atoms with Gasteiger partial charge < -0.3 is 9.47 Å². The first-order chi connectivity index (χ1) is 11.5. The molecule has 2 aromatic rings. The van der Waals surface area contributed by atoms with Crippen LogP contribution in [0.1, 0.15) is 19.4 Å². The van der Waals surface area contributed by atoms with E-state index >= 15 is 0 Å². The summed E-state index contributed by atoms with van der Waals surface area (Å²) in [5.41, 5.74) is 0.907. The van der Waals surface area contributed by atoms with Crippen molar-refractivity contribution in [3.63, 3.8) is 0 Å². The molecule has 0 spiro atoms. The summed E-state index contributed by atoms with van der Waals surface area (Å²) in [7, 11) is 0. The molecule has 2 rings (SSSR count). The van der Waals surface area contributed by atoms with E-state index in [1.807, 2.05) is 18.2 Å². The number of carbonyl (C=O) groups excluding carboxylic acids is 2. The van der Waals surface area contributed by atoms with Crippen molar-refractivity contribution >= 4 is 56.4 Å². The Bertz CT molecular complexity index is 800. The van der Waals surface area contributed by atoms with E-state index in [9.17, 15) is 9.59 Å². The SMILES string of the molecule is CCOC(=O)C(=Cc1cc2cc(Br)ccc2nc1Cl)C(=O)OCC. The van der Waals surface area contributed by atoms with Crippen molar-refractivity contribution in [1.82, 2.24) is 4.98 Å². The molecule has 5 nitrogen and oxygen atoms in total. The number of nitrogens with zero attached hydrogens (tertiary/aromatic N) is 1.